The zero-order valence-corrected chi connectivity index (χ0v) is 11.3. The number of hydrogen-bond acceptors (Lipinski definition) is 4. The summed E-state index contributed by atoms with van der Waals surface area (Å²) in [6.07, 6.45) is 1.36. The van der Waals surface area contributed by atoms with Crippen LogP contribution in [0.5, 0.6) is 0 Å². The summed E-state index contributed by atoms with van der Waals surface area (Å²) in [5.74, 6) is 0.249. The summed E-state index contributed by atoms with van der Waals surface area (Å²) in [5, 5.41) is 0. The second-order valence-electron chi connectivity index (χ2n) is 3.95. The second kappa shape index (κ2) is 4.64. The molecule has 0 aromatic carbocycles. The Kier molecular flexibility index (Phi) is 3.38. The minimum absolute atomic E-state index is 0.0111. The highest BCUT2D eigenvalue weighted by atomic mass is 79.9. The number of halogens is 1. The lowest BCUT2D eigenvalue weighted by atomic mass is 9.94. The third-order valence-corrected chi connectivity index (χ3v) is 3.71. The van der Waals surface area contributed by atoms with Gasteiger partial charge < -0.3 is 9.15 Å². The SMILES string of the molecule is CCOC(=O)c1oc2c(c1C)C(=O)C(Br)CC2. The number of fused-ring (bicyclic) bond motifs is 1. The smallest absolute Gasteiger partial charge is 0.374 e. The lowest BCUT2D eigenvalue weighted by molar-refractivity contribution is 0.0486. The van der Waals surface area contributed by atoms with Crippen LogP contribution in [0, 0.1) is 6.92 Å². The van der Waals surface area contributed by atoms with Gasteiger partial charge in [0, 0.05) is 12.0 Å². The monoisotopic (exact) mass is 300 g/mol. The quantitative estimate of drug-likeness (QED) is 0.622. The number of rotatable bonds is 2. The summed E-state index contributed by atoms with van der Waals surface area (Å²) >= 11 is 3.33. The summed E-state index contributed by atoms with van der Waals surface area (Å²) in [7, 11) is 0. The van der Waals surface area contributed by atoms with Gasteiger partial charge in [-0.05, 0) is 20.3 Å². The maximum absolute atomic E-state index is 12.0. The molecule has 0 spiro atoms. The predicted octanol–water partition coefficient (Wildman–Crippen LogP) is 2.66. The zero-order chi connectivity index (χ0) is 12.6. The number of alkyl halides is 1. The fourth-order valence-electron chi connectivity index (χ4n) is 2.01. The van der Waals surface area contributed by atoms with Gasteiger partial charge in [0.05, 0.1) is 17.0 Å². The highest BCUT2D eigenvalue weighted by Gasteiger charge is 2.33. The molecule has 1 aromatic heterocycles. The van der Waals surface area contributed by atoms with Crippen LogP contribution in [0.25, 0.3) is 0 Å². The van der Waals surface area contributed by atoms with Crippen LogP contribution in [-0.2, 0) is 11.2 Å². The van der Waals surface area contributed by atoms with Gasteiger partial charge in [-0.25, -0.2) is 4.79 Å². The molecule has 5 heteroatoms. The second-order valence-corrected chi connectivity index (χ2v) is 5.05. The van der Waals surface area contributed by atoms with E-state index in [1.165, 1.54) is 0 Å². The summed E-state index contributed by atoms with van der Waals surface area (Å²) in [4.78, 5) is 23.4. The molecular formula is C12H13BrO4. The highest BCUT2D eigenvalue weighted by molar-refractivity contribution is 9.10. The Hall–Kier alpha value is -1.10. The molecule has 1 heterocycles. The molecule has 0 radical (unpaired) electrons. The van der Waals surface area contributed by atoms with Crippen molar-refractivity contribution in [2.24, 2.45) is 0 Å². The van der Waals surface area contributed by atoms with Gasteiger partial charge in [-0.1, -0.05) is 15.9 Å². The lowest BCUT2D eigenvalue weighted by Crippen LogP contribution is -2.21. The van der Waals surface area contributed by atoms with Crippen molar-refractivity contribution in [3.8, 4) is 0 Å². The van der Waals surface area contributed by atoms with E-state index in [-0.39, 0.29) is 16.4 Å². The number of carbonyl (C=O) groups excluding carboxylic acids is 2. The molecule has 2 rings (SSSR count). The molecule has 0 aliphatic heterocycles. The molecule has 0 amide bonds. The Morgan fingerprint density at radius 3 is 2.94 bits per heavy atom. The van der Waals surface area contributed by atoms with Crippen molar-refractivity contribution >= 4 is 27.7 Å². The van der Waals surface area contributed by atoms with Crippen LogP contribution in [0.2, 0.25) is 0 Å². The van der Waals surface area contributed by atoms with E-state index >= 15 is 0 Å². The molecule has 0 fully saturated rings. The van der Waals surface area contributed by atoms with Gasteiger partial charge in [-0.2, -0.15) is 0 Å². The van der Waals surface area contributed by atoms with E-state index in [0.717, 1.165) is 0 Å². The zero-order valence-electron chi connectivity index (χ0n) is 9.71. The van der Waals surface area contributed by atoms with Crippen LogP contribution in [0.4, 0.5) is 0 Å². The Morgan fingerprint density at radius 1 is 1.59 bits per heavy atom. The van der Waals surface area contributed by atoms with Gasteiger partial charge in [0.25, 0.3) is 0 Å². The number of esters is 1. The summed E-state index contributed by atoms with van der Waals surface area (Å²) in [6.45, 7) is 3.74. The fourth-order valence-corrected chi connectivity index (χ4v) is 2.47. The van der Waals surface area contributed by atoms with Crippen molar-refractivity contribution in [3.63, 3.8) is 0 Å². The standard InChI is InChI=1S/C12H13BrO4/c1-3-16-12(15)11-6(2)9-8(17-11)5-4-7(13)10(9)14/h7H,3-5H2,1-2H3. The molecule has 1 aromatic rings. The number of Topliss-reactive ketones (excluding diaryl/α,β-unsaturated/α-hetero) is 1. The van der Waals surface area contributed by atoms with E-state index in [0.29, 0.717) is 36.3 Å². The Balaban J connectivity index is 2.43. The van der Waals surface area contributed by atoms with Crippen LogP contribution in [-0.4, -0.2) is 23.2 Å². The number of aryl methyl sites for hydroxylation is 1. The summed E-state index contributed by atoms with van der Waals surface area (Å²) in [5.41, 5.74) is 1.13. The molecule has 92 valence electrons. The van der Waals surface area contributed by atoms with Crippen LogP contribution in [0.1, 0.15) is 45.6 Å². The third kappa shape index (κ3) is 2.04. The van der Waals surface area contributed by atoms with Gasteiger partial charge in [0.15, 0.2) is 5.78 Å². The average molecular weight is 301 g/mol. The van der Waals surface area contributed by atoms with Crippen molar-refractivity contribution < 1.29 is 18.7 Å². The largest absolute Gasteiger partial charge is 0.460 e. The van der Waals surface area contributed by atoms with Crippen LogP contribution in [0.3, 0.4) is 0 Å². The minimum atomic E-state index is -0.502. The first-order valence-electron chi connectivity index (χ1n) is 5.54. The van der Waals surface area contributed by atoms with Gasteiger partial charge in [0.2, 0.25) is 5.76 Å². The Labute approximate surface area is 107 Å². The van der Waals surface area contributed by atoms with E-state index in [4.69, 9.17) is 9.15 Å². The van der Waals surface area contributed by atoms with E-state index in [2.05, 4.69) is 15.9 Å². The van der Waals surface area contributed by atoms with E-state index in [9.17, 15) is 9.59 Å². The van der Waals surface area contributed by atoms with Gasteiger partial charge in [-0.3, -0.25) is 4.79 Å². The number of carbonyl (C=O) groups is 2. The molecule has 4 nitrogen and oxygen atoms in total. The van der Waals surface area contributed by atoms with Crippen molar-refractivity contribution in [2.45, 2.75) is 31.5 Å². The summed E-state index contributed by atoms with van der Waals surface area (Å²) < 4.78 is 10.3. The lowest BCUT2D eigenvalue weighted by Gasteiger charge is -2.14. The van der Waals surface area contributed by atoms with Crippen molar-refractivity contribution in [2.75, 3.05) is 6.61 Å². The number of ketones is 1. The minimum Gasteiger partial charge on any atom is -0.460 e. The van der Waals surface area contributed by atoms with E-state index < -0.39 is 5.97 Å². The third-order valence-electron chi connectivity index (χ3n) is 2.84. The molecule has 0 bridgehead atoms. The van der Waals surface area contributed by atoms with Gasteiger partial charge >= 0.3 is 5.97 Å². The van der Waals surface area contributed by atoms with Gasteiger partial charge in [-0.15, -0.1) is 0 Å². The Morgan fingerprint density at radius 2 is 2.29 bits per heavy atom. The van der Waals surface area contributed by atoms with Crippen molar-refractivity contribution in [1.82, 2.24) is 0 Å². The van der Waals surface area contributed by atoms with Gasteiger partial charge in [0.1, 0.15) is 5.76 Å². The number of hydrogen-bond donors (Lipinski definition) is 0. The predicted molar refractivity (Wildman–Crippen MR) is 64.8 cm³/mol. The van der Waals surface area contributed by atoms with Crippen molar-refractivity contribution in [1.29, 1.82) is 0 Å². The molecule has 1 aliphatic carbocycles. The van der Waals surface area contributed by atoms with E-state index in [1.807, 2.05) is 0 Å². The van der Waals surface area contributed by atoms with Crippen molar-refractivity contribution in [3.05, 3.63) is 22.6 Å². The Bertz CT molecular complexity index is 475. The fraction of sp³-hybridized carbons (Fsp3) is 0.500. The molecule has 0 saturated heterocycles. The molecule has 1 aliphatic rings. The first kappa shape index (κ1) is 12.4. The molecule has 0 N–H and O–H groups in total. The first-order valence-corrected chi connectivity index (χ1v) is 6.45. The molecule has 1 atom stereocenters. The highest BCUT2D eigenvalue weighted by Crippen LogP contribution is 2.32. The first-order chi connectivity index (χ1) is 8.06. The summed E-state index contributed by atoms with van der Waals surface area (Å²) in [6, 6.07) is 0. The molecular weight excluding hydrogens is 288 g/mol. The number of ether oxygens (including phenoxy) is 1. The average Bonchev–Trinajstić information content (AvgIpc) is 2.62. The van der Waals surface area contributed by atoms with Crippen LogP contribution < -0.4 is 0 Å². The molecule has 0 saturated carbocycles. The van der Waals surface area contributed by atoms with Crippen LogP contribution in [0.15, 0.2) is 4.42 Å². The van der Waals surface area contributed by atoms with Crippen LogP contribution >= 0.6 is 15.9 Å². The maximum atomic E-state index is 12.0. The van der Waals surface area contributed by atoms with E-state index in [1.54, 1.807) is 13.8 Å². The molecule has 1 unspecified atom stereocenters. The molecule has 17 heavy (non-hydrogen) atoms. The normalized spacial score (nSPS) is 19.0. The number of furan rings is 1. The topological polar surface area (TPSA) is 56.5 Å². The maximum Gasteiger partial charge on any atom is 0.374 e.